The molecule has 1 rings (SSSR count). The molecular weight excluding hydrogens is 202 g/mol. The van der Waals surface area contributed by atoms with Gasteiger partial charge in [-0.15, -0.1) is 0 Å². The standard InChI is InChI=1S/C13H15NO2/c1-10(11(2)15)13(16)14(3)9-12-7-5-4-6-8-12/h4-8H,1,9H2,2-3H3. The molecule has 0 N–H and O–H groups in total. The second kappa shape index (κ2) is 5.26. The first-order valence-corrected chi connectivity index (χ1v) is 5.01. The molecule has 0 radical (unpaired) electrons. The zero-order chi connectivity index (χ0) is 12.1. The van der Waals surface area contributed by atoms with E-state index < -0.39 is 0 Å². The number of carbonyl (C=O) groups excluding carboxylic acids is 2. The molecule has 0 aromatic heterocycles. The Balaban J connectivity index is 2.66. The second-order valence-corrected chi connectivity index (χ2v) is 3.68. The van der Waals surface area contributed by atoms with Crippen molar-refractivity contribution < 1.29 is 9.59 Å². The van der Waals surface area contributed by atoms with Gasteiger partial charge in [-0.3, -0.25) is 9.59 Å². The van der Waals surface area contributed by atoms with Crippen molar-refractivity contribution in [2.75, 3.05) is 7.05 Å². The molecule has 0 unspecified atom stereocenters. The summed E-state index contributed by atoms with van der Waals surface area (Å²) < 4.78 is 0. The van der Waals surface area contributed by atoms with Gasteiger partial charge in [0.15, 0.2) is 5.78 Å². The van der Waals surface area contributed by atoms with Crippen LogP contribution in [0.1, 0.15) is 12.5 Å². The molecule has 1 aromatic carbocycles. The molecule has 0 fully saturated rings. The van der Waals surface area contributed by atoms with E-state index in [0.717, 1.165) is 5.56 Å². The predicted octanol–water partition coefficient (Wildman–Crippen LogP) is 1.79. The number of nitrogens with zero attached hydrogens (tertiary/aromatic N) is 1. The molecule has 0 aliphatic carbocycles. The summed E-state index contributed by atoms with van der Waals surface area (Å²) in [7, 11) is 1.66. The van der Waals surface area contributed by atoms with E-state index in [2.05, 4.69) is 6.58 Å². The summed E-state index contributed by atoms with van der Waals surface area (Å²) in [5, 5.41) is 0. The summed E-state index contributed by atoms with van der Waals surface area (Å²) in [5.74, 6) is -0.610. The third-order valence-electron chi connectivity index (χ3n) is 2.29. The maximum absolute atomic E-state index is 11.7. The second-order valence-electron chi connectivity index (χ2n) is 3.68. The first-order valence-electron chi connectivity index (χ1n) is 5.01. The lowest BCUT2D eigenvalue weighted by molar-refractivity contribution is -0.128. The lowest BCUT2D eigenvalue weighted by Gasteiger charge is -2.17. The van der Waals surface area contributed by atoms with Gasteiger partial charge in [0, 0.05) is 13.6 Å². The first kappa shape index (κ1) is 12.2. The highest BCUT2D eigenvalue weighted by molar-refractivity contribution is 6.17. The zero-order valence-corrected chi connectivity index (χ0v) is 9.56. The molecule has 0 heterocycles. The minimum atomic E-state index is -0.323. The van der Waals surface area contributed by atoms with Gasteiger partial charge in [-0.1, -0.05) is 36.9 Å². The molecule has 0 bridgehead atoms. The van der Waals surface area contributed by atoms with E-state index in [1.54, 1.807) is 7.05 Å². The van der Waals surface area contributed by atoms with E-state index in [1.165, 1.54) is 11.8 Å². The van der Waals surface area contributed by atoms with E-state index in [4.69, 9.17) is 0 Å². The molecule has 3 heteroatoms. The predicted molar refractivity (Wildman–Crippen MR) is 62.7 cm³/mol. The molecule has 1 aromatic rings. The van der Waals surface area contributed by atoms with Gasteiger partial charge in [-0.25, -0.2) is 0 Å². The van der Waals surface area contributed by atoms with Crippen LogP contribution in [-0.2, 0) is 16.1 Å². The van der Waals surface area contributed by atoms with Crippen molar-refractivity contribution in [2.24, 2.45) is 0 Å². The third kappa shape index (κ3) is 3.05. The van der Waals surface area contributed by atoms with Crippen LogP contribution >= 0.6 is 0 Å². The van der Waals surface area contributed by atoms with Crippen LogP contribution in [0, 0.1) is 0 Å². The normalized spacial score (nSPS) is 9.62. The Kier molecular flexibility index (Phi) is 4.00. The molecule has 84 valence electrons. The molecule has 0 aliphatic heterocycles. The van der Waals surface area contributed by atoms with Crippen LogP contribution in [-0.4, -0.2) is 23.6 Å². The van der Waals surface area contributed by atoms with Crippen LogP contribution in [0.2, 0.25) is 0 Å². The fourth-order valence-electron chi connectivity index (χ4n) is 1.31. The number of carbonyl (C=O) groups is 2. The Hall–Kier alpha value is -1.90. The van der Waals surface area contributed by atoms with Gasteiger partial charge in [0.25, 0.3) is 5.91 Å². The minimum absolute atomic E-state index is 0.0263. The summed E-state index contributed by atoms with van der Waals surface area (Å²) in [5.41, 5.74) is 1.05. The largest absolute Gasteiger partial charge is 0.337 e. The highest BCUT2D eigenvalue weighted by Crippen LogP contribution is 2.06. The summed E-state index contributed by atoms with van der Waals surface area (Å²) >= 11 is 0. The van der Waals surface area contributed by atoms with Crippen LogP contribution in [0.3, 0.4) is 0 Å². The molecule has 3 nitrogen and oxygen atoms in total. The van der Waals surface area contributed by atoms with E-state index in [-0.39, 0.29) is 17.3 Å². The van der Waals surface area contributed by atoms with Gasteiger partial charge < -0.3 is 4.90 Å². The van der Waals surface area contributed by atoms with Gasteiger partial charge >= 0.3 is 0 Å². The number of ketones is 1. The molecule has 16 heavy (non-hydrogen) atoms. The van der Waals surface area contributed by atoms with Crippen LogP contribution in [0.4, 0.5) is 0 Å². The van der Waals surface area contributed by atoms with Gasteiger partial charge in [0.05, 0.1) is 5.57 Å². The SMILES string of the molecule is C=C(C(C)=O)C(=O)N(C)Cc1ccccc1. The van der Waals surface area contributed by atoms with Gasteiger partial charge in [0.1, 0.15) is 0 Å². The third-order valence-corrected chi connectivity index (χ3v) is 2.29. The number of Topliss-reactive ketones (excluding diaryl/α,β-unsaturated/α-hetero) is 1. The molecule has 1 amide bonds. The Morgan fingerprint density at radius 1 is 1.25 bits per heavy atom. The van der Waals surface area contributed by atoms with E-state index in [0.29, 0.717) is 6.54 Å². The van der Waals surface area contributed by atoms with Crippen molar-refractivity contribution in [3.63, 3.8) is 0 Å². The maximum Gasteiger partial charge on any atom is 0.256 e. The van der Waals surface area contributed by atoms with Gasteiger partial charge in [0.2, 0.25) is 0 Å². The lowest BCUT2D eigenvalue weighted by atomic mass is 10.1. The van der Waals surface area contributed by atoms with E-state index in [1.807, 2.05) is 30.3 Å². The zero-order valence-electron chi connectivity index (χ0n) is 9.56. The number of benzene rings is 1. The average molecular weight is 217 g/mol. The average Bonchev–Trinajstić information content (AvgIpc) is 2.28. The summed E-state index contributed by atoms with van der Waals surface area (Å²) in [4.78, 5) is 24.2. The van der Waals surface area contributed by atoms with E-state index in [9.17, 15) is 9.59 Å². The Bertz CT molecular complexity index is 409. The van der Waals surface area contributed by atoms with E-state index >= 15 is 0 Å². The van der Waals surface area contributed by atoms with Crippen molar-refractivity contribution in [2.45, 2.75) is 13.5 Å². The summed E-state index contributed by atoms with van der Waals surface area (Å²) in [6, 6.07) is 9.60. The van der Waals surface area contributed by atoms with Crippen molar-refractivity contribution >= 4 is 11.7 Å². The number of hydrogen-bond acceptors (Lipinski definition) is 2. The van der Waals surface area contributed by atoms with Crippen molar-refractivity contribution in [1.29, 1.82) is 0 Å². The van der Waals surface area contributed by atoms with Crippen molar-refractivity contribution in [1.82, 2.24) is 4.90 Å². The Morgan fingerprint density at radius 2 is 1.81 bits per heavy atom. The van der Waals surface area contributed by atoms with Crippen molar-refractivity contribution in [3.05, 3.63) is 48.0 Å². The number of amides is 1. The number of hydrogen-bond donors (Lipinski definition) is 0. The monoisotopic (exact) mass is 217 g/mol. The fraction of sp³-hybridized carbons (Fsp3) is 0.231. The van der Waals surface area contributed by atoms with Crippen molar-refractivity contribution in [3.8, 4) is 0 Å². The van der Waals surface area contributed by atoms with Gasteiger partial charge in [-0.2, -0.15) is 0 Å². The topological polar surface area (TPSA) is 37.4 Å². The van der Waals surface area contributed by atoms with Crippen LogP contribution < -0.4 is 0 Å². The molecule has 0 atom stereocenters. The Morgan fingerprint density at radius 3 is 2.31 bits per heavy atom. The first-order chi connectivity index (χ1) is 7.52. The fourth-order valence-corrected chi connectivity index (χ4v) is 1.31. The Labute approximate surface area is 95.4 Å². The molecule has 0 aliphatic rings. The molecule has 0 saturated carbocycles. The quantitative estimate of drug-likeness (QED) is 0.438. The molecule has 0 spiro atoms. The minimum Gasteiger partial charge on any atom is -0.337 e. The molecule has 0 saturated heterocycles. The van der Waals surface area contributed by atoms with Crippen LogP contribution in [0.15, 0.2) is 42.5 Å². The summed E-state index contributed by atoms with van der Waals surface area (Å²) in [6.45, 7) is 5.30. The van der Waals surface area contributed by atoms with Gasteiger partial charge in [-0.05, 0) is 12.5 Å². The highest BCUT2D eigenvalue weighted by atomic mass is 16.2. The highest BCUT2D eigenvalue weighted by Gasteiger charge is 2.16. The number of rotatable bonds is 4. The van der Waals surface area contributed by atoms with Crippen LogP contribution in [0.25, 0.3) is 0 Å². The lowest BCUT2D eigenvalue weighted by Crippen LogP contribution is -2.29. The maximum atomic E-state index is 11.7. The summed E-state index contributed by atoms with van der Waals surface area (Å²) in [6.07, 6.45) is 0. The number of likely N-dealkylation sites (N-methyl/N-ethyl adjacent to an activating group) is 1. The molecular formula is C13H15NO2. The smallest absolute Gasteiger partial charge is 0.256 e. The van der Waals surface area contributed by atoms with Crippen LogP contribution in [0.5, 0.6) is 0 Å².